The Morgan fingerprint density at radius 1 is 0.933 bits per heavy atom. The standard InChI is InChI=1S/C23H20N2O5/c1-2-29-23(28)17-10-12-18(13-11-17)24-22(27)20(15-19-9-6-14-30-19)25-21(26)16-7-4-3-5-8-16/h3-15H,2H2,1H3,(H,24,27)(H,25,26)/b20-15+. The highest BCUT2D eigenvalue weighted by molar-refractivity contribution is 6.10. The van der Waals surface area contributed by atoms with Crippen molar-refractivity contribution < 1.29 is 23.5 Å². The first-order chi connectivity index (χ1) is 14.6. The lowest BCUT2D eigenvalue weighted by Crippen LogP contribution is -2.30. The van der Waals surface area contributed by atoms with Crippen molar-refractivity contribution in [3.8, 4) is 0 Å². The van der Waals surface area contributed by atoms with Gasteiger partial charge in [0.05, 0.1) is 18.4 Å². The number of benzene rings is 2. The van der Waals surface area contributed by atoms with Crippen LogP contribution >= 0.6 is 0 Å². The number of carbonyl (C=O) groups is 3. The van der Waals surface area contributed by atoms with Crippen LogP contribution in [0.25, 0.3) is 6.08 Å². The first-order valence-electron chi connectivity index (χ1n) is 9.27. The van der Waals surface area contributed by atoms with E-state index in [1.54, 1.807) is 73.7 Å². The summed E-state index contributed by atoms with van der Waals surface area (Å²) in [6, 6.07) is 18.1. The zero-order valence-electron chi connectivity index (χ0n) is 16.3. The fraction of sp³-hybridized carbons (Fsp3) is 0.0870. The summed E-state index contributed by atoms with van der Waals surface area (Å²) in [5, 5.41) is 5.31. The van der Waals surface area contributed by atoms with E-state index in [1.807, 2.05) is 0 Å². The second-order valence-corrected chi connectivity index (χ2v) is 6.15. The average molecular weight is 404 g/mol. The molecular formula is C23H20N2O5. The molecule has 0 spiro atoms. The van der Waals surface area contributed by atoms with Gasteiger partial charge in [0.25, 0.3) is 11.8 Å². The van der Waals surface area contributed by atoms with Crippen molar-refractivity contribution in [1.82, 2.24) is 5.32 Å². The van der Waals surface area contributed by atoms with Crippen molar-refractivity contribution >= 4 is 29.5 Å². The van der Waals surface area contributed by atoms with Crippen LogP contribution in [-0.4, -0.2) is 24.4 Å². The number of anilines is 1. The molecule has 1 aromatic heterocycles. The van der Waals surface area contributed by atoms with E-state index in [1.165, 1.54) is 12.3 Å². The summed E-state index contributed by atoms with van der Waals surface area (Å²) >= 11 is 0. The van der Waals surface area contributed by atoms with Crippen LogP contribution in [0.3, 0.4) is 0 Å². The minimum Gasteiger partial charge on any atom is -0.465 e. The Labute approximate surface area is 173 Å². The highest BCUT2D eigenvalue weighted by atomic mass is 16.5. The lowest BCUT2D eigenvalue weighted by Gasteiger charge is -2.11. The van der Waals surface area contributed by atoms with Crippen molar-refractivity contribution in [2.24, 2.45) is 0 Å². The number of carbonyl (C=O) groups excluding carboxylic acids is 3. The Balaban J connectivity index is 1.77. The molecule has 30 heavy (non-hydrogen) atoms. The maximum absolute atomic E-state index is 12.8. The Morgan fingerprint density at radius 2 is 1.67 bits per heavy atom. The molecule has 3 rings (SSSR count). The Kier molecular flexibility index (Phi) is 6.78. The lowest BCUT2D eigenvalue weighted by atomic mass is 10.2. The van der Waals surface area contributed by atoms with Gasteiger partial charge < -0.3 is 19.8 Å². The summed E-state index contributed by atoms with van der Waals surface area (Å²) in [5.74, 6) is -1.00. The van der Waals surface area contributed by atoms with Crippen LogP contribution in [0, 0.1) is 0 Å². The molecule has 0 saturated carbocycles. The first-order valence-corrected chi connectivity index (χ1v) is 9.27. The molecule has 152 valence electrons. The molecular weight excluding hydrogens is 384 g/mol. The van der Waals surface area contributed by atoms with Crippen molar-refractivity contribution in [1.29, 1.82) is 0 Å². The Morgan fingerprint density at radius 3 is 2.30 bits per heavy atom. The first kappa shape index (κ1) is 20.6. The minimum atomic E-state index is -0.542. The molecule has 2 amide bonds. The second-order valence-electron chi connectivity index (χ2n) is 6.15. The van der Waals surface area contributed by atoms with Crippen LogP contribution in [0.15, 0.2) is 83.1 Å². The van der Waals surface area contributed by atoms with Gasteiger partial charge in [-0.3, -0.25) is 9.59 Å². The molecule has 7 nitrogen and oxygen atoms in total. The summed E-state index contributed by atoms with van der Waals surface area (Å²) in [6.07, 6.45) is 2.90. The Bertz CT molecular complexity index is 1040. The molecule has 2 aromatic carbocycles. The SMILES string of the molecule is CCOC(=O)c1ccc(NC(=O)/C(=C\c2ccco2)NC(=O)c2ccccc2)cc1. The average Bonchev–Trinajstić information content (AvgIpc) is 3.27. The third kappa shape index (κ3) is 5.45. The van der Waals surface area contributed by atoms with E-state index < -0.39 is 17.8 Å². The van der Waals surface area contributed by atoms with Gasteiger partial charge in [-0.25, -0.2) is 4.79 Å². The largest absolute Gasteiger partial charge is 0.465 e. The Hall–Kier alpha value is -4.13. The lowest BCUT2D eigenvalue weighted by molar-refractivity contribution is -0.113. The molecule has 0 atom stereocenters. The molecule has 3 aromatic rings. The topological polar surface area (TPSA) is 97.6 Å². The monoisotopic (exact) mass is 404 g/mol. The van der Waals surface area contributed by atoms with Gasteiger partial charge in [-0.05, 0) is 55.5 Å². The molecule has 2 N–H and O–H groups in total. The zero-order valence-corrected chi connectivity index (χ0v) is 16.3. The number of hydrogen-bond acceptors (Lipinski definition) is 5. The van der Waals surface area contributed by atoms with E-state index in [9.17, 15) is 14.4 Å². The summed E-state index contributed by atoms with van der Waals surface area (Å²) < 4.78 is 10.2. The van der Waals surface area contributed by atoms with Crippen LogP contribution in [0.2, 0.25) is 0 Å². The van der Waals surface area contributed by atoms with E-state index >= 15 is 0 Å². The van der Waals surface area contributed by atoms with Gasteiger partial charge in [0.15, 0.2) is 0 Å². The molecule has 0 bridgehead atoms. The summed E-state index contributed by atoms with van der Waals surface area (Å²) in [6.45, 7) is 2.00. The molecule has 0 radical (unpaired) electrons. The summed E-state index contributed by atoms with van der Waals surface area (Å²) in [4.78, 5) is 37.1. The predicted molar refractivity (Wildman–Crippen MR) is 112 cm³/mol. The van der Waals surface area contributed by atoms with Gasteiger partial charge in [0.2, 0.25) is 0 Å². The van der Waals surface area contributed by atoms with Gasteiger partial charge in [0.1, 0.15) is 11.5 Å². The van der Waals surface area contributed by atoms with Crippen molar-refractivity contribution in [3.05, 3.63) is 95.6 Å². The zero-order chi connectivity index (χ0) is 21.3. The fourth-order valence-corrected chi connectivity index (χ4v) is 2.56. The summed E-state index contributed by atoms with van der Waals surface area (Å²) in [7, 11) is 0. The molecule has 0 unspecified atom stereocenters. The number of hydrogen-bond donors (Lipinski definition) is 2. The van der Waals surface area contributed by atoms with Crippen LogP contribution < -0.4 is 10.6 Å². The number of nitrogens with one attached hydrogen (secondary N) is 2. The van der Waals surface area contributed by atoms with Crippen LogP contribution in [-0.2, 0) is 9.53 Å². The van der Waals surface area contributed by atoms with Gasteiger partial charge in [-0.1, -0.05) is 18.2 Å². The molecule has 0 aliphatic heterocycles. The number of esters is 1. The summed E-state index contributed by atoms with van der Waals surface area (Å²) in [5.41, 5.74) is 1.24. The third-order valence-corrected chi connectivity index (χ3v) is 4.01. The van der Waals surface area contributed by atoms with Crippen molar-refractivity contribution in [2.75, 3.05) is 11.9 Å². The maximum atomic E-state index is 12.8. The van der Waals surface area contributed by atoms with Crippen LogP contribution in [0.5, 0.6) is 0 Å². The molecule has 0 fully saturated rings. The maximum Gasteiger partial charge on any atom is 0.338 e. The fourth-order valence-electron chi connectivity index (χ4n) is 2.56. The van der Waals surface area contributed by atoms with Crippen LogP contribution in [0.1, 0.15) is 33.4 Å². The smallest absolute Gasteiger partial charge is 0.338 e. The van der Waals surface area contributed by atoms with Crippen molar-refractivity contribution in [2.45, 2.75) is 6.92 Å². The highest BCUT2D eigenvalue weighted by Gasteiger charge is 2.16. The molecule has 1 heterocycles. The third-order valence-electron chi connectivity index (χ3n) is 4.01. The highest BCUT2D eigenvalue weighted by Crippen LogP contribution is 2.14. The quantitative estimate of drug-likeness (QED) is 0.460. The second kappa shape index (κ2) is 9.88. The van der Waals surface area contributed by atoms with Gasteiger partial charge in [-0.15, -0.1) is 0 Å². The number of amides is 2. The van der Waals surface area contributed by atoms with E-state index in [2.05, 4.69) is 10.6 Å². The molecule has 0 aliphatic carbocycles. The van der Waals surface area contributed by atoms with E-state index in [-0.39, 0.29) is 12.3 Å². The van der Waals surface area contributed by atoms with E-state index in [4.69, 9.17) is 9.15 Å². The number of ether oxygens (including phenoxy) is 1. The minimum absolute atomic E-state index is 0.00766. The molecule has 0 aliphatic rings. The number of furan rings is 1. The van der Waals surface area contributed by atoms with Gasteiger partial charge >= 0.3 is 5.97 Å². The van der Waals surface area contributed by atoms with E-state index in [0.717, 1.165) is 0 Å². The number of rotatable bonds is 7. The van der Waals surface area contributed by atoms with Gasteiger partial charge in [-0.2, -0.15) is 0 Å². The van der Waals surface area contributed by atoms with Gasteiger partial charge in [0, 0.05) is 17.3 Å². The predicted octanol–water partition coefficient (Wildman–Crippen LogP) is 3.87. The van der Waals surface area contributed by atoms with Crippen LogP contribution in [0.4, 0.5) is 5.69 Å². The normalized spacial score (nSPS) is 10.9. The molecule has 0 saturated heterocycles. The van der Waals surface area contributed by atoms with Crippen molar-refractivity contribution in [3.63, 3.8) is 0 Å². The van der Waals surface area contributed by atoms with E-state index in [0.29, 0.717) is 22.6 Å². The molecule has 7 heteroatoms.